The van der Waals surface area contributed by atoms with Crippen LogP contribution in [0.4, 0.5) is 0 Å². The van der Waals surface area contributed by atoms with Gasteiger partial charge in [0.2, 0.25) is 11.7 Å². The van der Waals surface area contributed by atoms with Crippen LogP contribution in [0.5, 0.6) is 0 Å². The highest BCUT2D eigenvalue weighted by Crippen LogP contribution is 2.35. The van der Waals surface area contributed by atoms with Crippen LogP contribution in [0.1, 0.15) is 58.2 Å². The summed E-state index contributed by atoms with van der Waals surface area (Å²) in [5.41, 5.74) is -0.458. The maximum absolute atomic E-state index is 11.6. The van der Waals surface area contributed by atoms with E-state index in [1.54, 1.807) is 6.92 Å². The zero-order valence-electron chi connectivity index (χ0n) is 11.4. The van der Waals surface area contributed by atoms with Gasteiger partial charge < -0.3 is 9.26 Å². The molecule has 18 heavy (non-hydrogen) atoms. The Kier molecular flexibility index (Phi) is 3.52. The number of aromatic nitrogens is 2. The van der Waals surface area contributed by atoms with Crippen molar-refractivity contribution in [2.45, 2.75) is 52.1 Å². The summed E-state index contributed by atoms with van der Waals surface area (Å²) in [5, 5.41) is 3.99. The van der Waals surface area contributed by atoms with Crippen LogP contribution in [0.15, 0.2) is 4.52 Å². The molecule has 2 atom stereocenters. The monoisotopic (exact) mass is 252 g/mol. The van der Waals surface area contributed by atoms with Gasteiger partial charge in [0.05, 0.1) is 5.92 Å². The minimum Gasteiger partial charge on any atom is -0.367 e. The molecular formula is C13H20N2O3. The van der Waals surface area contributed by atoms with E-state index in [0.29, 0.717) is 11.7 Å². The molecule has 0 N–H and O–H groups in total. The van der Waals surface area contributed by atoms with Crippen LogP contribution in [0, 0.1) is 5.92 Å². The number of ether oxygens (including phenoxy) is 1. The van der Waals surface area contributed by atoms with Crippen LogP contribution in [0.2, 0.25) is 0 Å². The van der Waals surface area contributed by atoms with E-state index in [9.17, 15) is 4.79 Å². The Bertz CT molecular complexity index is 433. The van der Waals surface area contributed by atoms with Gasteiger partial charge in [0.1, 0.15) is 11.4 Å². The normalized spacial score (nSPS) is 25.6. The summed E-state index contributed by atoms with van der Waals surface area (Å²) in [4.78, 5) is 16.0. The van der Waals surface area contributed by atoms with E-state index in [1.807, 2.05) is 20.8 Å². The number of carbonyl (C=O) groups is 1. The molecule has 0 aromatic carbocycles. The third-order valence-corrected chi connectivity index (χ3v) is 3.50. The van der Waals surface area contributed by atoms with Gasteiger partial charge >= 0.3 is 0 Å². The van der Waals surface area contributed by atoms with E-state index in [1.165, 1.54) is 0 Å². The van der Waals surface area contributed by atoms with Crippen molar-refractivity contribution in [1.82, 2.24) is 10.1 Å². The molecule has 2 unspecified atom stereocenters. The van der Waals surface area contributed by atoms with Gasteiger partial charge in [0, 0.05) is 6.61 Å². The van der Waals surface area contributed by atoms with E-state index >= 15 is 0 Å². The molecule has 0 radical (unpaired) electrons. The Morgan fingerprint density at radius 2 is 2.17 bits per heavy atom. The molecule has 5 nitrogen and oxygen atoms in total. The first-order valence-electron chi connectivity index (χ1n) is 6.42. The molecule has 5 heteroatoms. The van der Waals surface area contributed by atoms with E-state index in [-0.39, 0.29) is 17.6 Å². The van der Waals surface area contributed by atoms with Gasteiger partial charge in [-0.25, -0.2) is 0 Å². The Morgan fingerprint density at radius 1 is 1.44 bits per heavy atom. The lowest BCUT2D eigenvalue weighted by atomic mass is 9.92. The topological polar surface area (TPSA) is 65.2 Å². The van der Waals surface area contributed by atoms with Crippen molar-refractivity contribution >= 4 is 5.78 Å². The average Bonchev–Trinajstić information content (AvgIpc) is 2.87. The average molecular weight is 252 g/mol. The van der Waals surface area contributed by atoms with Crippen LogP contribution in [0.25, 0.3) is 0 Å². The minimum absolute atomic E-state index is 0.0534. The molecule has 2 rings (SSSR count). The smallest absolute Gasteiger partial charge is 0.237 e. The molecule has 0 saturated carbocycles. The predicted molar refractivity (Wildman–Crippen MR) is 65.1 cm³/mol. The highest BCUT2D eigenvalue weighted by atomic mass is 16.5. The molecule has 1 fully saturated rings. The van der Waals surface area contributed by atoms with Crippen molar-refractivity contribution < 1.29 is 14.1 Å². The first-order chi connectivity index (χ1) is 8.44. The second-order valence-electron chi connectivity index (χ2n) is 5.47. The van der Waals surface area contributed by atoms with Crippen molar-refractivity contribution in [2.24, 2.45) is 5.92 Å². The van der Waals surface area contributed by atoms with E-state index < -0.39 is 5.60 Å². The van der Waals surface area contributed by atoms with Gasteiger partial charge in [-0.2, -0.15) is 4.98 Å². The summed E-state index contributed by atoms with van der Waals surface area (Å²) in [6.45, 7) is 8.20. The first kappa shape index (κ1) is 13.2. The lowest BCUT2D eigenvalue weighted by molar-refractivity contribution is -0.119. The van der Waals surface area contributed by atoms with Gasteiger partial charge in [0.15, 0.2) is 0 Å². The number of Topliss-reactive ketones (excluding diaryl/α,β-unsaturated/α-hetero) is 1. The Labute approximate surface area is 107 Å². The standard InChI is InChI=1S/C13H20N2O3/c1-8(2)10(9(3)16)11-14-12(15-18-11)13(4)6-5-7-17-13/h8,10H,5-7H2,1-4H3. The third-order valence-electron chi connectivity index (χ3n) is 3.50. The quantitative estimate of drug-likeness (QED) is 0.823. The fourth-order valence-corrected chi connectivity index (χ4v) is 2.46. The van der Waals surface area contributed by atoms with Gasteiger partial charge in [-0.15, -0.1) is 0 Å². The molecule has 1 aliphatic heterocycles. The van der Waals surface area contributed by atoms with Crippen LogP contribution in [0.3, 0.4) is 0 Å². The highest BCUT2D eigenvalue weighted by molar-refractivity contribution is 5.82. The molecule has 0 amide bonds. The number of rotatable bonds is 4. The second kappa shape index (κ2) is 4.80. The largest absolute Gasteiger partial charge is 0.367 e. The lowest BCUT2D eigenvalue weighted by Gasteiger charge is -2.18. The number of hydrogen-bond donors (Lipinski definition) is 0. The van der Waals surface area contributed by atoms with E-state index in [2.05, 4.69) is 10.1 Å². The fourth-order valence-electron chi connectivity index (χ4n) is 2.46. The zero-order chi connectivity index (χ0) is 13.3. The summed E-state index contributed by atoms with van der Waals surface area (Å²) in [6.07, 6.45) is 1.89. The van der Waals surface area contributed by atoms with Crippen LogP contribution in [-0.4, -0.2) is 22.5 Å². The van der Waals surface area contributed by atoms with Gasteiger partial charge in [-0.1, -0.05) is 19.0 Å². The van der Waals surface area contributed by atoms with Crippen LogP contribution in [-0.2, 0) is 15.1 Å². The van der Waals surface area contributed by atoms with Gasteiger partial charge in [0.25, 0.3) is 0 Å². The Balaban J connectivity index is 2.26. The number of nitrogens with zero attached hydrogens (tertiary/aromatic N) is 2. The van der Waals surface area contributed by atoms with Crippen molar-refractivity contribution in [2.75, 3.05) is 6.61 Å². The zero-order valence-corrected chi connectivity index (χ0v) is 11.4. The van der Waals surface area contributed by atoms with Gasteiger partial charge in [-0.3, -0.25) is 4.79 Å². The summed E-state index contributed by atoms with van der Waals surface area (Å²) in [5.74, 6) is 0.841. The number of carbonyl (C=O) groups excluding carboxylic acids is 1. The van der Waals surface area contributed by atoms with Crippen molar-refractivity contribution in [3.8, 4) is 0 Å². The molecule has 100 valence electrons. The lowest BCUT2D eigenvalue weighted by Crippen LogP contribution is -2.22. The molecule has 1 aliphatic rings. The van der Waals surface area contributed by atoms with Gasteiger partial charge in [-0.05, 0) is 32.6 Å². The highest BCUT2D eigenvalue weighted by Gasteiger charge is 2.38. The molecule has 0 spiro atoms. The molecule has 0 bridgehead atoms. The first-order valence-corrected chi connectivity index (χ1v) is 6.42. The molecule has 0 aliphatic carbocycles. The molecule has 1 aromatic heterocycles. The van der Waals surface area contributed by atoms with E-state index in [4.69, 9.17) is 9.26 Å². The van der Waals surface area contributed by atoms with Crippen LogP contribution < -0.4 is 0 Å². The van der Waals surface area contributed by atoms with E-state index in [0.717, 1.165) is 19.4 Å². The molecule has 1 aromatic rings. The Hall–Kier alpha value is -1.23. The molecule has 1 saturated heterocycles. The maximum Gasteiger partial charge on any atom is 0.237 e. The SMILES string of the molecule is CC(=O)C(c1nc(C2(C)CCCO2)no1)C(C)C. The predicted octanol–water partition coefficient (Wildman–Crippen LogP) is 2.42. The summed E-state index contributed by atoms with van der Waals surface area (Å²) in [6, 6.07) is 0. The summed E-state index contributed by atoms with van der Waals surface area (Å²) < 4.78 is 10.9. The number of hydrogen-bond acceptors (Lipinski definition) is 5. The van der Waals surface area contributed by atoms with Crippen molar-refractivity contribution in [3.05, 3.63) is 11.7 Å². The van der Waals surface area contributed by atoms with Crippen molar-refractivity contribution in [1.29, 1.82) is 0 Å². The minimum atomic E-state index is -0.458. The fraction of sp³-hybridized carbons (Fsp3) is 0.769. The number of ketones is 1. The molecule has 2 heterocycles. The van der Waals surface area contributed by atoms with Crippen molar-refractivity contribution in [3.63, 3.8) is 0 Å². The summed E-state index contributed by atoms with van der Waals surface area (Å²) in [7, 11) is 0. The second-order valence-corrected chi connectivity index (χ2v) is 5.47. The Morgan fingerprint density at radius 3 is 2.67 bits per heavy atom. The maximum atomic E-state index is 11.6. The van der Waals surface area contributed by atoms with Crippen LogP contribution >= 0.6 is 0 Å². The summed E-state index contributed by atoms with van der Waals surface area (Å²) >= 11 is 0. The molecular weight excluding hydrogens is 232 g/mol. The third kappa shape index (κ3) is 2.32.